The standard InChI is InChI=1S/C17H14Cl2N4O4/c1-7(2)9-5-14(22-23-16(9)25)27-15-10(18)3-8(4-11(15)19)12-6-13(24)21-17(26)20-12/h3-7H,1-2H3,(H,23,25)(H2,20,21,24,26). The van der Waals surface area contributed by atoms with Crippen molar-refractivity contribution >= 4 is 23.2 Å². The van der Waals surface area contributed by atoms with Crippen molar-refractivity contribution in [1.82, 2.24) is 20.2 Å². The van der Waals surface area contributed by atoms with Gasteiger partial charge >= 0.3 is 5.69 Å². The predicted octanol–water partition coefficient (Wildman–Crippen LogP) is 3.04. The summed E-state index contributed by atoms with van der Waals surface area (Å²) in [5.41, 5.74) is -0.321. The molecule has 8 nitrogen and oxygen atoms in total. The Kier molecular flexibility index (Phi) is 5.20. The van der Waals surface area contributed by atoms with E-state index in [0.29, 0.717) is 11.1 Å². The summed E-state index contributed by atoms with van der Waals surface area (Å²) in [7, 11) is 0. The molecule has 2 aromatic heterocycles. The fourth-order valence-corrected chi connectivity index (χ4v) is 2.99. The molecule has 0 unspecified atom stereocenters. The first-order valence-electron chi connectivity index (χ1n) is 7.85. The predicted molar refractivity (Wildman–Crippen MR) is 102 cm³/mol. The van der Waals surface area contributed by atoms with Gasteiger partial charge in [0.1, 0.15) is 0 Å². The molecular weight excluding hydrogens is 395 g/mol. The number of hydrogen-bond acceptors (Lipinski definition) is 5. The minimum atomic E-state index is -0.649. The number of rotatable bonds is 4. The van der Waals surface area contributed by atoms with E-state index >= 15 is 0 Å². The second kappa shape index (κ2) is 7.42. The highest BCUT2D eigenvalue weighted by Gasteiger charge is 2.15. The molecule has 3 aromatic rings. The average molecular weight is 409 g/mol. The van der Waals surface area contributed by atoms with Gasteiger partial charge in [-0.15, -0.1) is 5.10 Å². The lowest BCUT2D eigenvalue weighted by Gasteiger charge is -2.12. The van der Waals surface area contributed by atoms with Crippen LogP contribution in [0.5, 0.6) is 11.6 Å². The van der Waals surface area contributed by atoms with E-state index in [0.717, 1.165) is 0 Å². The second-order valence-corrected chi connectivity index (χ2v) is 6.83. The summed E-state index contributed by atoms with van der Waals surface area (Å²) in [6.45, 7) is 3.73. The number of aromatic amines is 3. The number of aromatic nitrogens is 4. The first kappa shape index (κ1) is 18.9. The molecule has 1 aromatic carbocycles. The van der Waals surface area contributed by atoms with E-state index < -0.39 is 11.2 Å². The fraction of sp³-hybridized carbons (Fsp3) is 0.176. The Balaban J connectivity index is 2.01. The number of benzene rings is 1. The van der Waals surface area contributed by atoms with Crippen molar-refractivity contribution in [2.24, 2.45) is 0 Å². The third kappa shape index (κ3) is 4.12. The summed E-state index contributed by atoms with van der Waals surface area (Å²) in [6.07, 6.45) is 0. The Morgan fingerprint density at radius 3 is 2.26 bits per heavy atom. The number of nitrogens with zero attached hydrogens (tertiary/aromatic N) is 1. The van der Waals surface area contributed by atoms with Crippen LogP contribution in [0.3, 0.4) is 0 Å². The van der Waals surface area contributed by atoms with Gasteiger partial charge in [-0.3, -0.25) is 14.6 Å². The Bertz CT molecular complexity index is 1130. The minimum Gasteiger partial charge on any atom is -0.434 e. The largest absolute Gasteiger partial charge is 0.434 e. The fourth-order valence-electron chi connectivity index (χ4n) is 2.42. The maximum atomic E-state index is 11.8. The van der Waals surface area contributed by atoms with Gasteiger partial charge in [0.05, 0.1) is 15.7 Å². The van der Waals surface area contributed by atoms with Crippen LogP contribution >= 0.6 is 23.2 Å². The van der Waals surface area contributed by atoms with E-state index in [2.05, 4.69) is 20.2 Å². The summed E-state index contributed by atoms with van der Waals surface area (Å²) >= 11 is 12.5. The quantitative estimate of drug-likeness (QED) is 0.612. The summed E-state index contributed by atoms with van der Waals surface area (Å²) in [5.74, 6) is 0.225. The lowest BCUT2D eigenvalue weighted by Crippen LogP contribution is -2.21. The lowest BCUT2D eigenvalue weighted by molar-refractivity contribution is 0.452. The number of H-pyrrole nitrogens is 3. The van der Waals surface area contributed by atoms with E-state index in [1.165, 1.54) is 24.3 Å². The van der Waals surface area contributed by atoms with Gasteiger partial charge < -0.3 is 9.72 Å². The Labute approximate surface area is 162 Å². The normalized spacial score (nSPS) is 11.0. The Hall–Kier alpha value is -2.84. The van der Waals surface area contributed by atoms with Gasteiger partial charge in [-0.05, 0) is 18.1 Å². The van der Waals surface area contributed by atoms with Crippen molar-refractivity contribution in [3.8, 4) is 22.9 Å². The first-order chi connectivity index (χ1) is 12.7. The number of halogens is 2. The molecule has 27 heavy (non-hydrogen) atoms. The molecule has 0 amide bonds. The molecule has 0 aliphatic rings. The Morgan fingerprint density at radius 1 is 1.00 bits per heavy atom. The zero-order chi connectivity index (χ0) is 19.7. The summed E-state index contributed by atoms with van der Waals surface area (Å²) in [6, 6.07) is 5.70. The van der Waals surface area contributed by atoms with Gasteiger partial charge in [0.15, 0.2) is 5.75 Å². The third-order valence-corrected chi connectivity index (χ3v) is 4.27. The summed E-state index contributed by atoms with van der Waals surface area (Å²) < 4.78 is 5.64. The number of hydrogen-bond donors (Lipinski definition) is 3. The van der Waals surface area contributed by atoms with E-state index in [9.17, 15) is 14.4 Å². The molecule has 0 aliphatic heterocycles. The van der Waals surface area contributed by atoms with Crippen molar-refractivity contribution in [1.29, 1.82) is 0 Å². The molecule has 140 valence electrons. The summed E-state index contributed by atoms with van der Waals surface area (Å²) in [4.78, 5) is 39.3. The molecule has 3 N–H and O–H groups in total. The molecule has 3 rings (SSSR count). The second-order valence-electron chi connectivity index (χ2n) is 6.02. The first-order valence-corrected chi connectivity index (χ1v) is 8.60. The van der Waals surface area contributed by atoms with E-state index in [1.54, 1.807) is 0 Å². The van der Waals surface area contributed by atoms with Crippen LogP contribution in [0.2, 0.25) is 10.0 Å². The molecule has 0 radical (unpaired) electrons. The zero-order valence-electron chi connectivity index (χ0n) is 14.2. The zero-order valence-corrected chi connectivity index (χ0v) is 15.7. The van der Waals surface area contributed by atoms with Crippen LogP contribution < -0.4 is 21.5 Å². The van der Waals surface area contributed by atoms with Gasteiger partial charge in [-0.2, -0.15) is 0 Å². The van der Waals surface area contributed by atoms with Crippen molar-refractivity contribution < 1.29 is 4.74 Å². The lowest BCUT2D eigenvalue weighted by atomic mass is 10.1. The number of ether oxygens (including phenoxy) is 1. The van der Waals surface area contributed by atoms with Gasteiger partial charge in [0.25, 0.3) is 11.1 Å². The highest BCUT2D eigenvalue weighted by atomic mass is 35.5. The van der Waals surface area contributed by atoms with E-state index in [-0.39, 0.29) is 38.8 Å². The van der Waals surface area contributed by atoms with E-state index in [4.69, 9.17) is 27.9 Å². The molecular formula is C17H14Cl2N4O4. The SMILES string of the molecule is CC(C)c1cc(Oc2c(Cl)cc(-c3cc(=O)[nH]c(=O)[nH]3)cc2Cl)n[nH]c1=O. The summed E-state index contributed by atoms with van der Waals surface area (Å²) in [5, 5.41) is 6.47. The van der Waals surface area contributed by atoms with Crippen LogP contribution in [0.4, 0.5) is 0 Å². The van der Waals surface area contributed by atoms with Crippen LogP contribution in [0.1, 0.15) is 25.3 Å². The van der Waals surface area contributed by atoms with Gasteiger partial charge in [0, 0.05) is 23.3 Å². The van der Waals surface area contributed by atoms with Crippen LogP contribution in [-0.4, -0.2) is 20.2 Å². The van der Waals surface area contributed by atoms with Crippen LogP contribution in [0.15, 0.2) is 38.6 Å². The molecule has 0 aliphatic carbocycles. The highest BCUT2D eigenvalue weighted by molar-refractivity contribution is 6.37. The number of nitrogens with one attached hydrogen (secondary N) is 3. The monoisotopic (exact) mass is 408 g/mol. The maximum Gasteiger partial charge on any atom is 0.326 e. The van der Waals surface area contributed by atoms with Gasteiger partial charge in [-0.25, -0.2) is 9.89 Å². The maximum absolute atomic E-state index is 11.8. The van der Waals surface area contributed by atoms with Crippen molar-refractivity contribution in [2.45, 2.75) is 19.8 Å². The van der Waals surface area contributed by atoms with Crippen molar-refractivity contribution in [2.75, 3.05) is 0 Å². The molecule has 0 saturated heterocycles. The molecule has 0 fully saturated rings. The van der Waals surface area contributed by atoms with Crippen LogP contribution in [0, 0.1) is 0 Å². The molecule has 0 spiro atoms. The molecule has 0 atom stereocenters. The third-order valence-electron chi connectivity index (χ3n) is 3.71. The van der Waals surface area contributed by atoms with E-state index in [1.807, 2.05) is 13.8 Å². The highest BCUT2D eigenvalue weighted by Crippen LogP contribution is 2.39. The molecule has 0 bridgehead atoms. The Morgan fingerprint density at radius 2 is 1.67 bits per heavy atom. The van der Waals surface area contributed by atoms with Gasteiger partial charge in [0.2, 0.25) is 5.88 Å². The minimum absolute atomic E-state index is 0.0274. The topological polar surface area (TPSA) is 121 Å². The van der Waals surface area contributed by atoms with Crippen LogP contribution in [0.25, 0.3) is 11.3 Å². The molecule has 10 heteroatoms. The van der Waals surface area contributed by atoms with Crippen molar-refractivity contribution in [3.63, 3.8) is 0 Å². The van der Waals surface area contributed by atoms with Crippen LogP contribution in [-0.2, 0) is 0 Å². The average Bonchev–Trinajstić information content (AvgIpc) is 2.58. The smallest absolute Gasteiger partial charge is 0.326 e. The van der Waals surface area contributed by atoms with Crippen molar-refractivity contribution in [3.05, 3.63) is 71.1 Å². The molecule has 2 heterocycles. The molecule has 0 saturated carbocycles. The van der Waals surface area contributed by atoms with Gasteiger partial charge in [-0.1, -0.05) is 37.0 Å².